The molecule has 1 fully saturated rings. The van der Waals surface area contributed by atoms with E-state index >= 15 is 0 Å². The highest BCUT2D eigenvalue weighted by Gasteiger charge is 2.50. The molecule has 5 heterocycles. The maximum Gasteiger partial charge on any atom is 0.409 e. The number of nitrogens with one attached hydrogen (secondary N) is 1. The molecule has 0 saturated heterocycles. The van der Waals surface area contributed by atoms with Crippen LogP contribution in [0.1, 0.15) is 50.7 Å². The molecule has 3 aliphatic heterocycles. The third-order valence-electron chi connectivity index (χ3n) is 9.55. The van der Waals surface area contributed by atoms with E-state index in [9.17, 15) is 14.4 Å². The second-order valence-electron chi connectivity index (χ2n) is 13.1. The lowest BCUT2D eigenvalue weighted by molar-refractivity contribution is -0.132. The number of ether oxygens (including phenoxy) is 2. The Morgan fingerprint density at radius 3 is 2.74 bits per heavy atom. The lowest BCUT2D eigenvalue weighted by atomic mass is 9.87. The van der Waals surface area contributed by atoms with Crippen LogP contribution in [-0.2, 0) is 28.0 Å². The first-order chi connectivity index (χ1) is 22.2. The van der Waals surface area contributed by atoms with Gasteiger partial charge in [-0.1, -0.05) is 18.2 Å². The molecule has 2 aromatic carbocycles. The second kappa shape index (κ2) is 10.2. The van der Waals surface area contributed by atoms with Crippen molar-refractivity contribution in [2.24, 2.45) is 0 Å². The van der Waals surface area contributed by atoms with Crippen LogP contribution in [0, 0.1) is 0 Å². The number of allylic oxidation sites excluding steroid dienone is 2. The van der Waals surface area contributed by atoms with Gasteiger partial charge < -0.3 is 24.6 Å². The first-order valence-corrected chi connectivity index (χ1v) is 15.7. The maximum absolute atomic E-state index is 13.7. The molecule has 0 atom stereocenters. The van der Waals surface area contributed by atoms with Gasteiger partial charge in [0, 0.05) is 36.9 Å². The van der Waals surface area contributed by atoms with Crippen molar-refractivity contribution >= 4 is 40.4 Å². The average molecular weight is 622 g/mol. The van der Waals surface area contributed by atoms with Crippen molar-refractivity contribution in [2.45, 2.75) is 63.6 Å². The van der Waals surface area contributed by atoms with Crippen LogP contribution in [0.5, 0.6) is 5.75 Å². The van der Waals surface area contributed by atoms with Crippen molar-refractivity contribution in [3.05, 3.63) is 76.2 Å². The fourth-order valence-corrected chi connectivity index (χ4v) is 7.08. The van der Waals surface area contributed by atoms with E-state index in [1.165, 1.54) is 12.7 Å². The molecule has 2 bridgehead atoms. The quantitative estimate of drug-likeness (QED) is 0.317. The van der Waals surface area contributed by atoms with Crippen LogP contribution in [0.4, 0.5) is 22.1 Å². The van der Waals surface area contributed by atoms with Gasteiger partial charge in [0.15, 0.2) is 11.2 Å². The highest BCUT2D eigenvalue weighted by Crippen LogP contribution is 2.53. The molecule has 1 aliphatic carbocycles. The van der Waals surface area contributed by atoms with E-state index in [2.05, 4.69) is 16.4 Å². The summed E-state index contributed by atoms with van der Waals surface area (Å²) in [5, 5.41) is 3.71. The summed E-state index contributed by atoms with van der Waals surface area (Å²) in [5.41, 5.74) is 3.71. The van der Waals surface area contributed by atoms with E-state index in [0.717, 1.165) is 36.9 Å². The van der Waals surface area contributed by atoms with E-state index in [-0.39, 0.29) is 23.0 Å². The van der Waals surface area contributed by atoms with Crippen LogP contribution in [0.25, 0.3) is 16.7 Å². The van der Waals surface area contributed by atoms with Gasteiger partial charge in [0.25, 0.3) is 11.5 Å². The molecule has 0 radical (unpaired) electrons. The molecule has 1 spiro atoms. The molecule has 12 nitrogen and oxygen atoms in total. The van der Waals surface area contributed by atoms with Crippen molar-refractivity contribution in [2.75, 3.05) is 30.4 Å². The first kappa shape index (κ1) is 28.4. The SMILES string of the molecule is COC(=O)N1Cc2cc(Nc3ncc4c(=O)n5n(c4n3)-c3ccc4c(c3)N(CCCC=CC5)C(=O)C(C)(C)O4)ccc2C2(CC2)C1. The third-order valence-corrected chi connectivity index (χ3v) is 9.55. The zero-order chi connectivity index (χ0) is 31.8. The smallest absolute Gasteiger partial charge is 0.409 e. The Labute approximate surface area is 265 Å². The average Bonchev–Trinajstić information content (AvgIpc) is 3.75. The minimum Gasteiger partial charge on any atom is -0.476 e. The molecule has 1 saturated carbocycles. The van der Waals surface area contributed by atoms with Crippen molar-refractivity contribution in [1.29, 1.82) is 0 Å². The Morgan fingerprint density at radius 1 is 1.09 bits per heavy atom. The topological polar surface area (TPSA) is 124 Å². The molecular formula is C34H35N7O5. The number of anilines is 3. The van der Waals surface area contributed by atoms with Gasteiger partial charge in [-0.15, -0.1) is 0 Å². The molecule has 4 aliphatic rings. The van der Waals surface area contributed by atoms with E-state index in [4.69, 9.17) is 14.5 Å². The summed E-state index contributed by atoms with van der Waals surface area (Å²) in [6.45, 7) is 5.61. The third kappa shape index (κ3) is 4.45. The normalized spacial score (nSPS) is 19.1. The van der Waals surface area contributed by atoms with Gasteiger partial charge in [-0.3, -0.25) is 9.59 Å². The number of hydrogen-bond donors (Lipinski definition) is 1. The van der Waals surface area contributed by atoms with Crippen LogP contribution in [-0.4, -0.2) is 62.0 Å². The molecular weight excluding hydrogens is 586 g/mol. The standard InChI is InChI=1S/C34H35N7O5/c1-33(2)30(43)39-14-6-4-5-7-15-40-29(42)24-18-35-31(37-28(24)41(40)23-9-11-27(46-33)26(39)17-23)36-22-8-10-25-21(16-22)19-38(32(44)45-3)20-34(25)12-13-34/h5,7-11,16-18H,4,6,12-15,19-20H2,1-3H3,(H,35,36,37). The summed E-state index contributed by atoms with van der Waals surface area (Å²) in [6.07, 6.45) is 8.89. The highest BCUT2D eigenvalue weighted by molar-refractivity contribution is 6.02. The van der Waals surface area contributed by atoms with Gasteiger partial charge in [0.05, 0.1) is 25.0 Å². The number of hydrogen-bond acceptors (Lipinski definition) is 8. The lowest BCUT2D eigenvalue weighted by Gasteiger charge is -2.39. The Morgan fingerprint density at radius 2 is 1.93 bits per heavy atom. The van der Waals surface area contributed by atoms with Gasteiger partial charge >= 0.3 is 6.09 Å². The van der Waals surface area contributed by atoms with Gasteiger partial charge in [-0.25, -0.2) is 19.1 Å². The first-order valence-electron chi connectivity index (χ1n) is 15.7. The number of amides is 2. The fraction of sp³-hybridized carbons (Fsp3) is 0.382. The molecule has 0 unspecified atom stereocenters. The minimum atomic E-state index is -0.981. The van der Waals surface area contributed by atoms with Crippen LogP contribution in [0.3, 0.4) is 0 Å². The van der Waals surface area contributed by atoms with Gasteiger partial charge in [-0.05, 0) is 81.0 Å². The van der Waals surface area contributed by atoms with Crippen LogP contribution in [0.15, 0.2) is 59.5 Å². The fourth-order valence-electron chi connectivity index (χ4n) is 7.08. The molecule has 2 amide bonds. The number of methoxy groups -OCH3 is 1. The zero-order valence-corrected chi connectivity index (χ0v) is 26.1. The molecule has 236 valence electrons. The Hall–Kier alpha value is -5.13. The Kier molecular flexibility index (Phi) is 6.28. The summed E-state index contributed by atoms with van der Waals surface area (Å²) >= 11 is 0. The van der Waals surface area contributed by atoms with Crippen molar-refractivity contribution in [3.63, 3.8) is 0 Å². The second-order valence-corrected chi connectivity index (χ2v) is 13.1. The zero-order valence-electron chi connectivity index (χ0n) is 26.1. The molecule has 2 aromatic heterocycles. The Balaban J connectivity index is 1.20. The lowest BCUT2D eigenvalue weighted by Crippen LogP contribution is -2.52. The summed E-state index contributed by atoms with van der Waals surface area (Å²) in [5.74, 6) is 0.847. The predicted molar refractivity (Wildman–Crippen MR) is 172 cm³/mol. The summed E-state index contributed by atoms with van der Waals surface area (Å²) in [6, 6.07) is 11.8. The molecule has 46 heavy (non-hydrogen) atoms. The van der Waals surface area contributed by atoms with Crippen molar-refractivity contribution < 1.29 is 19.1 Å². The number of carbonyl (C=O) groups excluding carboxylic acids is 2. The van der Waals surface area contributed by atoms with Crippen molar-refractivity contribution in [1.82, 2.24) is 24.2 Å². The predicted octanol–water partition coefficient (Wildman–Crippen LogP) is 4.79. The number of fused-ring (bicyclic) bond motifs is 7. The Bertz CT molecular complexity index is 2020. The largest absolute Gasteiger partial charge is 0.476 e. The summed E-state index contributed by atoms with van der Waals surface area (Å²) in [4.78, 5) is 52.4. The van der Waals surface area contributed by atoms with E-state index in [0.29, 0.717) is 60.3 Å². The number of nitrogens with zero attached hydrogens (tertiary/aromatic N) is 6. The van der Waals surface area contributed by atoms with E-state index in [1.54, 1.807) is 39.2 Å². The monoisotopic (exact) mass is 621 g/mol. The summed E-state index contributed by atoms with van der Waals surface area (Å²) in [7, 11) is 1.41. The molecule has 1 N–H and O–H groups in total. The van der Waals surface area contributed by atoms with Crippen LogP contribution < -0.4 is 20.5 Å². The number of aromatic nitrogens is 4. The number of carbonyl (C=O) groups is 2. The minimum absolute atomic E-state index is 0.000520. The van der Waals surface area contributed by atoms with Gasteiger partial charge in [0.1, 0.15) is 11.1 Å². The van der Waals surface area contributed by atoms with Gasteiger partial charge in [-0.2, -0.15) is 4.98 Å². The summed E-state index contributed by atoms with van der Waals surface area (Å²) < 4.78 is 14.6. The maximum atomic E-state index is 13.7. The highest BCUT2D eigenvalue weighted by atomic mass is 16.5. The number of benzene rings is 2. The van der Waals surface area contributed by atoms with Crippen LogP contribution in [0.2, 0.25) is 0 Å². The molecule has 4 aromatic rings. The molecule has 8 rings (SSSR count). The van der Waals surface area contributed by atoms with E-state index in [1.807, 2.05) is 42.5 Å². The molecule has 12 heteroatoms. The van der Waals surface area contributed by atoms with Crippen molar-refractivity contribution in [3.8, 4) is 11.4 Å². The van der Waals surface area contributed by atoms with E-state index < -0.39 is 5.60 Å². The number of rotatable bonds is 2. The van der Waals surface area contributed by atoms with Crippen LogP contribution >= 0.6 is 0 Å². The van der Waals surface area contributed by atoms with Gasteiger partial charge in [0.2, 0.25) is 5.95 Å².